The molecule has 0 bridgehead atoms. The maximum absolute atomic E-state index is 13.0. The maximum Gasteiger partial charge on any atom is 0.237 e. The van der Waals surface area contributed by atoms with E-state index in [2.05, 4.69) is 10.6 Å². The molecule has 1 saturated heterocycles. The fourth-order valence-electron chi connectivity index (χ4n) is 4.24. The van der Waals surface area contributed by atoms with E-state index in [0.717, 1.165) is 17.7 Å². The standard InChI is InChI=1S/C26H33N3O6/c1-17(30)28-20-9-7-18(8-10-20)11-12-27-26(32)21-6-5-13-29(21)16-22(31)19-14-23(33-2)25(35-4)24(15-19)34-3/h7-10,14-15,21H,5-6,11-13,16H2,1-4H3,(H,27,32)(H,28,30)/t21-/m0/s1. The summed E-state index contributed by atoms with van der Waals surface area (Å²) in [4.78, 5) is 39.0. The molecule has 9 heteroatoms. The minimum atomic E-state index is -0.344. The molecule has 1 aliphatic rings. The van der Waals surface area contributed by atoms with E-state index in [-0.39, 0.29) is 30.2 Å². The van der Waals surface area contributed by atoms with Crippen LogP contribution in [0.1, 0.15) is 35.7 Å². The van der Waals surface area contributed by atoms with Gasteiger partial charge in [-0.2, -0.15) is 0 Å². The van der Waals surface area contributed by atoms with Gasteiger partial charge in [-0.3, -0.25) is 19.3 Å². The molecule has 1 heterocycles. The summed E-state index contributed by atoms with van der Waals surface area (Å²) in [5, 5.41) is 5.73. The van der Waals surface area contributed by atoms with E-state index in [4.69, 9.17) is 14.2 Å². The summed E-state index contributed by atoms with van der Waals surface area (Å²) >= 11 is 0. The van der Waals surface area contributed by atoms with Crippen LogP contribution in [0, 0.1) is 0 Å². The highest BCUT2D eigenvalue weighted by Crippen LogP contribution is 2.38. The molecule has 2 aromatic rings. The number of carbonyl (C=O) groups excluding carboxylic acids is 3. The van der Waals surface area contributed by atoms with Crippen LogP contribution in [-0.2, 0) is 16.0 Å². The SMILES string of the molecule is COc1cc(C(=O)CN2CCC[C@H]2C(=O)NCCc2ccc(NC(C)=O)cc2)cc(OC)c1OC. The summed E-state index contributed by atoms with van der Waals surface area (Å²) < 4.78 is 16.0. The van der Waals surface area contributed by atoms with Gasteiger partial charge < -0.3 is 24.8 Å². The van der Waals surface area contributed by atoms with E-state index in [1.807, 2.05) is 29.2 Å². The third-order valence-corrected chi connectivity index (χ3v) is 5.99. The molecule has 0 saturated carbocycles. The highest BCUT2D eigenvalue weighted by molar-refractivity contribution is 5.99. The molecule has 0 aromatic heterocycles. The Bertz CT molecular complexity index is 1030. The Hall–Kier alpha value is -3.59. The normalized spacial score (nSPS) is 15.4. The molecular formula is C26H33N3O6. The van der Waals surface area contributed by atoms with Crippen molar-refractivity contribution in [3.8, 4) is 17.2 Å². The number of carbonyl (C=O) groups is 3. The molecule has 1 aliphatic heterocycles. The molecule has 2 aromatic carbocycles. The van der Waals surface area contributed by atoms with Crippen LogP contribution in [0.5, 0.6) is 17.2 Å². The molecular weight excluding hydrogens is 450 g/mol. The average molecular weight is 484 g/mol. The molecule has 0 aliphatic carbocycles. The number of likely N-dealkylation sites (tertiary alicyclic amines) is 1. The van der Waals surface area contributed by atoms with Crippen LogP contribution < -0.4 is 24.8 Å². The number of Topliss-reactive ketones (excluding diaryl/α,β-unsaturated/α-hetero) is 1. The van der Waals surface area contributed by atoms with Gasteiger partial charge >= 0.3 is 0 Å². The van der Waals surface area contributed by atoms with Gasteiger partial charge in [-0.1, -0.05) is 12.1 Å². The number of hydrogen-bond donors (Lipinski definition) is 2. The van der Waals surface area contributed by atoms with Crippen LogP contribution in [-0.4, -0.2) is 69.5 Å². The van der Waals surface area contributed by atoms with E-state index in [0.29, 0.717) is 48.7 Å². The molecule has 1 atom stereocenters. The Labute approximate surface area is 205 Å². The number of rotatable bonds is 11. The second kappa shape index (κ2) is 12.2. The first kappa shape index (κ1) is 26.0. The highest BCUT2D eigenvalue weighted by Gasteiger charge is 2.32. The van der Waals surface area contributed by atoms with Crippen molar-refractivity contribution in [2.75, 3.05) is 46.3 Å². The number of anilines is 1. The summed E-state index contributed by atoms with van der Waals surface area (Å²) in [5.74, 6) is 0.940. The predicted octanol–water partition coefficient (Wildman–Crippen LogP) is 2.68. The Balaban J connectivity index is 1.56. The van der Waals surface area contributed by atoms with Gasteiger partial charge in [0.15, 0.2) is 17.3 Å². The van der Waals surface area contributed by atoms with Gasteiger partial charge in [0.05, 0.1) is 33.9 Å². The van der Waals surface area contributed by atoms with E-state index in [1.165, 1.54) is 28.3 Å². The first-order valence-electron chi connectivity index (χ1n) is 11.6. The zero-order chi connectivity index (χ0) is 25.4. The van der Waals surface area contributed by atoms with Crippen molar-refractivity contribution in [3.63, 3.8) is 0 Å². The lowest BCUT2D eigenvalue weighted by molar-refractivity contribution is -0.125. The Morgan fingerprint density at radius 2 is 1.66 bits per heavy atom. The van der Waals surface area contributed by atoms with Crippen molar-refractivity contribution in [3.05, 3.63) is 47.5 Å². The lowest BCUT2D eigenvalue weighted by Gasteiger charge is -2.23. The second-order valence-electron chi connectivity index (χ2n) is 8.38. The smallest absolute Gasteiger partial charge is 0.237 e. The number of benzene rings is 2. The summed E-state index contributed by atoms with van der Waals surface area (Å²) in [7, 11) is 4.52. The highest BCUT2D eigenvalue weighted by atomic mass is 16.5. The van der Waals surface area contributed by atoms with Gasteiger partial charge in [-0.15, -0.1) is 0 Å². The van der Waals surface area contributed by atoms with Gasteiger partial charge in [-0.25, -0.2) is 0 Å². The third kappa shape index (κ3) is 6.73. The molecule has 0 spiro atoms. The lowest BCUT2D eigenvalue weighted by atomic mass is 10.1. The van der Waals surface area contributed by atoms with E-state index < -0.39 is 0 Å². The van der Waals surface area contributed by atoms with Crippen LogP contribution in [0.15, 0.2) is 36.4 Å². The Kier molecular flexibility index (Phi) is 9.08. The fraction of sp³-hybridized carbons (Fsp3) is 0.423. The van der Waals surface area contributed by atoms with Crippen molar-refractivity contribution in [2.45, 2.75) is 32.2 Å². The average Bonchev–Trinajstić information content (AvgIpc) is 3.31. The van der Waals surface area contributed by atoms with Crippen LogP contribution >= 0.6 is 0 Å². The van der Waals surface area contributed by atoms with E-state index in [1.54, 1.807) is 12.1 Å². The second-order valence-corrected chi connectivity index (χ2v) is 8.38. The maximum atomic E-state index is 13.0. The van der Waals surface area contributed by atoms with Crippen LogP contribution in [0.2, 0.25) is 0 Å². The number of amides is 2. The van der Waals surface area contributed by atoms with Gasteiger partial charge in [0.1, 0.15) is 0 Å². The first-order valence-corrected chi connectivity index (χ1v) is 11.6. The molecule has 2 N–H and O–H groups in total. The lowest BCUT2D eigenvalue weighted by Crippen LogP contribution is -2.45. The number of nitrogens with zero attached hydrogens (tertiary/aromatic N) is 1. The van der Waals surface area contributed by atoms with Crippen molar-refractivity contribution in [1.82, 2.24) is 10.2 Å². The third-order valence-electron chi connectivity index (χ3n) is 5.99. The molecule has 1 fully saturated rings. The summed E-state index contributed by atoms with van der Waals surface area (Å²) in [6.07, 6.45) is 2.23. The minimum absolute atomic E-state index is 0.0740. The van der Waals surface area contributed by atoms with Gasteiger partial charge in [0.2, 0.25) is 17.6 Å². The van der Waals surface area contributed by atoms with Gasteiger partial charge in [0, 0.05) is 24.7 Å². The molecule has 188 valence electrons. The zero-order valence-corrected chi connectivity index (χ0v) is 20.7. The topological polar surface area (TPSA) is 106 Å². The molecule has 35 heavy (non-hydrogen) atoms. The number of methoxy groups -OCH3 is 3. The largest absolute Gasteiger partial charge is 0.493 e. The molecule has 3 rings (SSSR count). The first-order chi connectivity index (χ1) is 16.9. The van der Waals surface area contributed by atoms with Gasteiger partial charge in [-0.05, 0) is 55.6 Å². The summed E-state index contributed by atoms with van der Waals surface area (Å²) in [6, 6.07) is 10.4. The minimum Gasteiger partial charge on any atom is -0.493 e. The molecule has 9 nitrogen and oxygen atoms in total. The Morgan fingerprint density at radius 1 is 1.00 bits per heavy atom. The van der Waals surface area contributed by atoms with Crippen molar-refractivity contribution >= 4 is 23.3 Å². The molecule has 0 radical (unpaired) electrons. The quantitative estimate of drug-likeness (QED) is 0.473. The predicted molar refractivity (Wildman–Crippen MR) is 132 cm³/mol. The summed E-state index contributed by atoms with van der Waals surface area (Å²) in [6.45, 7) is 2.76. The number of ether oxygens (including phenoxy) is 3. The van der Waals surface area contributed by atoms with Crippen LogP contribution in [0.3, 0.4) is 0 Å². The van der Waals surface area contributed by atoms with Crippen LogP contribution in [0.25, 0.3) is 0 Å². The zero-order valence-electron chi connectivity index (χ0n) is 20.7. The molecule has 2 amide bonds. The van der Waals surface area contributed by atoms with Crippen LogP contribution in [0.4, 0.5) is 5.69 Å². The fourth-order valence-corrected chi connectivity index (χ4v) is 4.24. The van der Waals surface area contributed by atoms with Gasteiger partial charge in [0.25, 0.3) is 0 Å². The number of nitrogens with one attached hydrogen (secondary N) is 2. The number of hydrogen-bond acceptors (Lipinski definition) is 7. The monoisotopic (exact) mass is 483 g/mol. The van der Waals surface area contributed by atoms with Crippen molar-refractivity contribution in [2.24, 2.45) is 0 Å². The van der Waals surface area contributed by atoms with Crippen molar-refractivity contribution < 1.29 is 28.6 Å². The Morgan fingerprint density at radius 3 is 2.23 bits per heavy atom. The van der Waals surface area contributed by atoms with E-state index in [9.17, 15) is 14.4 Å². The molecule has 0 unspecified atom stereocenters. The van der Waals surface area contributed by atoms with Crippen molar-refractivity contribution in [1.29, 1.82) is 0 Å². The van der Waals surface area contributed by atoms with E-state index >= 15 is 0 Å². The number of ketones is 1. The summed E-state index contributed by atoms with van der Waals surface area (Å²) in [5.41, 5.74) is 2.23.